The van der Waals surface area contributed by atoms with Gasteiger partial charge in [-0.3, -0.25) is 29.1 Å². The van der Waals surface area contributed by atoms with Crippen molar-refractivity contribution in [1.29, 1.82) is 0 Å². The number of benzene rings is 1. The molecule has 0 atom stereocenters. The normalized spacial score (nSPS) is 10.7. The molecule has 3 aromatic rings. The summed E-state index contributed by atoms with van der Waals surface area (Å²) >= 11 is 0. The highest BCUT2D eigenvalue weighted by molar-refractivity contribution is 5.96. The summed E-state index contributed by atoms with van der Waals surface area (Å²) in [7, 11) is 1.48. The molecule has 0 aliphatic carbocycles. The van der Waals surface area contributed by atoms with Gasteiger partial charge in [-0.25, -0.2) is 10.5 Å². The Hall–Kier alpha value is -3.79. The number of nitrogens with one attached hydrogen (secondary N) is 2. The van der Waals surface area contributed by atoms with Crippen LogP contribution in [0.3, 0.4) is 0 Å². The van der Waals surface area contributed by atoms with Crippen molar-refractivity contribution in [3.05, 3.63) is 46.4 Å². The number of methoxy groups -OCH3 is 1. The second-order valence-corrected chi connectivity index (χ2v) is 6.58. The number of aryl methyl sites for hydroxylation is 1. The number of hydrogen-bond acceptors (Lipinski definition) is 7. The van der Waals surface area contributed by atoms with E-state index in [1.807, 2.05) is 6.92 Å². The van der Waals surface area contributed by atoms with Gasteiger partial charge in [0.15, 0.2) is 0 Å². The molecule has 0 aliphatic rings. The van der Waals surface area contributed by atoms with E-state index in [0.29, 0.717) is 41.1 Å². The summed E-state index contributed by atoms with van der Waals surface area (Å²) < 4.78 is 6.80. The summed E-state index contributed by atoms with van der Waals surface area (Å²) in [5, 5.41) is 3.12. The summed E-state index contributed by atoms with van der Waals surface area (Å²) in [6, 6.07) is 6.47. The third-order valence-corrected chi connectivity index (χ3v) is 4.46. The standard InChI is InChI=1S/C21H23N5O5/c1-5-26-18-15(11-22-21(24-18)23-12(3)27)10-17(20(26)29)13-7-14(9-16(8-13)30-4)19(28)25-31-6-2/h7-11H,5-6H2,1-4H3,(H,25,28)(H,22,23,24,27). The fourth-order valence-electron chi connectivity index (χ4n) is 3.08. The van der Waals surface area contributed by atoms with Crippen molar-refractivity contribution < 1.29 is 19.2 Å². The number of amides is 2. The first kappa shape index (κ1) is 21.9. The third-order valence-electron chi connectivity index (χ3n) is 4.46. The molecule has 2 aromatic heterocycles. The van der Waals surface area contributed by atoms with Gasteiger partial charge < -0.3 is 4.74 Å². The number of ether oxygens (including phenoxy) is 1. The van der Waals surface area contributed by atoms with Gasteiger partial charge in [-0.15, -0.1) is 0 Å². The molecular formula is C21H23N5O5. The van der Waals surface area contributed by atoms with Crippen molar-refractivity contribution in [2.24, 2.45) is 0 Å². The van der Waals surface area contributed by atoms with Crippen molar-refractivity contribution in [2.75, 3.05) is 19.0 Å². The average molecular weight is 425 g/mol. The Morgan fingerprint density at radius 2 is 1.94 bits per heavy atom. The van der Waals surface area contributed by atoms with Crippen molar-refractivity contribution in [3.8, 4) is 16.9 Å². The molecule has 3 rings (SSSR count). The predicted molar refractivity (Wildman–Crippen MR) is 115 cm³/mol. The summed E-state index contributed by atoms with van der Waals surface area (Å²) in [5.74, 6) is -0.234. The monoisotopic (exact) mass is 425 g/mol. The summed E-state index contributed by atoms with van der Waals surface area (Å²) in [6.07, 6.45) is 1.53. The van der Waals surface area contributed by atoms with Crippen LogP contribution in [0.25, 0.3) is 22.2 Å². The molecular weight excluding hydrogens is 402 g/mol. The van der Waals surface area contributed by atoms with Crippen molar-refractivity contribution >= 4 is 28.8 Å². The Morgan fingerprint density at radius 1 is 1.16 bits per heavy atom. The minimum Gasteiger partial charge on any atom is -0.497 e. The molecule has 2 heterocycles. The fraction of sp³-hybridized carbons (Fsp3) is 0.286. The summed E-state index contributed by atoms with van der Waals surface area (Å²) in [5.41, 5.74) is 3.57. The van der Waals surface area contributed by atoms with Crippen molar-refractivity contribution in [1.82, 2.24) is 20.0 Å². The van der Waals surface area contributed by atoms with E-state index < -0.39 is 5.91 Å². The van der Waals surface area contributed by atoms with Gasteiger partial charge in [0, 0.05) is 36.2 Å². The van der Waals surface area contributed by atoms with Crippen LogP contribution in [-0.4, -0.2) is 40.1 Å². The van der Waals surface area contributed by atoms with E-state index in [1.165, 1.54) is 24.8 Å². The third kappa shape index (κ3) is 4.69. The molecule has 2 N–H and O–H groups in total. The van der Waals surface area contributed by atoms with E-state index in [-0.39, 0.29) is 23.0 Å². The zero-order valence-electron chi connectivity index (χ0n) is 17.7. The van der Waals surface area contributed by atoms with Gasteiger partial charge in [-0.05, 0) is 43.7 Å². The van der Waals surface area contributed by atoms with Gasteiger partial charge in [-0.1, -0.05) is 0 Å². The van der Waals surface area contributed by atoms with Gasteiger partial charge in [0.2, 0.25) is 11.9 Å². The first-order valence-electron chi connectivity index (χ1n) is 9.67. The van der Waals surface area contributed by atoms with Gasteiger partial charge >= 0.3 is 0 Å². The topological polar surface area (TPSA) is 124 Å². The largest absolute Gasteiger partial charge is 0.497 e. The minimum atomic E-state index is -0.457. The van der Waals surface area contributed by atoms with Crippen LogP contribution in [0.5, 0.6) is 5.75 Å². The smallest absolute Gasteiger partial charge is 0.274 e. The van der Waals surface area contributed by atoms with Gasteiger partial charge in [-0.2, -0.15) is 4.98 Å². The number of hydrogen-bond donors (Lipinski definition) is 2. The van der Waals surface area contributed by atoms with Crippen LogP contribution in [-0.2, 0) is 16.2 Å². The Bertz CT molecular complexity index is 1200. The first-order chi connectivity index (χ1) is 14.9. The SMILES string of the molecule is CCONC(=O)c1cc(OC)cc(-c2cc3cnc(NC(C)=O)nc3n(CC)c2=O)c1. The number of pyridine rings is 1. The molecule has 0 spiro atoms. The van der Waals surface area contributed by atoms with Crippen LogP contribution in [0.4, 0.5) is 5.95 Å². The highest BCUT2D eigenvalue weighted by Crippen LogP contribution is 2.26. The Kier molecular flexibility index (Phi) is 6.61. The van der Waals surface area contributed by atoms with E-state index in [4.69, 9.17) is 9.57 Å². The lowest BCUT2D eigenvalue weighted by Crippen LogP contribution is -2.24. The Morgan fingerprint density at radius 3 is 2.58 bits per heavy atom. The number of aromatic nitrogens is 3. The highest BCUT2D eigenvalue weighted by Gasteiger charge is 2.16. The van der Waals surface area contributed by atoms with Gasteiger partial charge in [0.1, 0.15) is 11.4 Å². The van der Waals surface area contributed by atoms with Crippen LogP contribution in [0, 0.1) is 0 Å². The van der Waals surface area contributed by atoms with E-state index >= 15 is 0 Å². The molecule has 0 radical (unpaired) electrons. The Labute approximate surface area is 178 Å². The molecule has 1 aromatic carbocycles. The maximum absolute atomic E-state index is 13.2. The van der Waals surface area contributed by atoms with Crippen molar-refractivity contribution in [2.45, 2.75) is 27.3 Å². The molecule has 0 fully saturated rings. The van der Waals surface area contributed by atoms with Crippen LogP contribution in [0.15, 0.2) is 35.3 Å². The molecule has 2 amide bonds. The summed E-state index contributed by atoms with van der Waals surface area (Å²) in [4.78, 5) is 50.4. The number of anilines is 1. The molecule has 0 saturated carbocycles. The second kappa shape index (κ2) is 9.35. The van der Waals surface area contributed by atoms with Crippen LogP contribution < -0.4 is 21.1 Å². The fourth-order valence-corrected chi connectivity index (χ4v) is 3.08. The number of nitrogens with zero attached hydrogens (tertiary/aromatic N) is 3. The first-order valence-corrected chi connectivity index (χ1v) is 9.67. The van der Waals surface area contributed by atoms with Gasteiger partial charge in [0.25, 0.3) is 11.5 Å². The van der Waals surface area contributed by atoms with E-state index in [1.54, 1.807) is 31.2 Å². The van der Waals surface area contributed by atoms with E-state index in [9.17, 15) is 14.4 Å². The molecule has 162 valence electrons. The maximum Gasteiger partial charge on any atom is 0.274 e. The maximum atomic E-state index is 13.2. The molecule has 0 aliphatic heterocycles. The lowest BCUT2D eigenvalue weighted by molar-refractivity contribution is -0.114. The zero-order chi connectivity index (χ0) is 22.5. The Balaban J connectivity index is 2.18. The lowest BCUT2D eigenvalue weighted by atomic mass is 10.0. The predicted octanol–water partition coefficient (Wildman–Crippen LogP) is 2.13. The van der Waals surface area contributed by atoms with E-state index in [2.05, 4.69) is 20.8 Å². The quantitative estimate of drug-likeness (QED) is 0.556. The van der Waals surface area contributed by atoms with Crippen LogP contribution >= 0.6 is 0 Å². The van der Waals surface area contributed by atoms with Crippen LogP contribution in [0.2, 0.25) is 0 Å². The second-order valence-electron chi connectivity index (χ2n) is 6.58. The molecule has 31 heavy (non-hydrogen) atoms. The van der Waals surface area contributed by atoms with E-state index in [0.717, 1.165) is 0 Å². The number of carbonyl (C=O) groups excluding carboxylic acids is 2. The minimum absolute atomic E-state index is 0.116. The van der Waals surface area contributed by atoms with Crippen molar-refractivity contribution in [3.63, 3.8) is 0 Å². The van der Waals surface area contributed by atoms with Crippen LogP contribution in [0.1, 0.15) is 31.1 Å². The number of rotatable bonds is 7. The highest BCUT2D eigenvalue weighted by atomic mass is 16.6. The zero-order valence-corrected chi connectivity index (χ0v) is 17.7. The molecule has 0 unspecified atom stereocenters. The molecule has 10 heteroatoms. The van der Waals surface area contributed by atoms with Gasteiger partial charge in [0.05, 0.1) is 13.7 Å². The average Bonchev–Trinajstić information content (AvgIpc) is 2.76. The number of fused-ring (bicyclic) bond motifs is 1. The number of carbonyl (C=O) groups is 2. The molecule has 0 saturated heterocycles. The molecule has 0 bridgehead atoms. The molecule has 10 nitrogen and oxygen atoms in total. The lowest BCUT2D eigenvalue weighted by Gasteiger charge is -2.13. The number of hydroxylamine groups is 1. The summed E-state index contributed by atoms with van der Waals surface area (Å²) in [6.45, 7) is 5.58.